The first kappa shape index (κ1) is 37.9. The van der Waals surface area contributed by atoms with Gasteiger partial charge in [0.15, 0.2) is 5.69 Å². The maximum atomic E-state index is 13.1. The van der Waals surface area contributed by atoms with Crippen molar-refractivity contribution in [3.63, 3.8) is 0 Å². The molecule has 1 saturated carbocycles. The molecule has 1 aliphatic carbocycles. The summed E-state index contributed by atoms with van der Waals surface area (Å²) < 4.78 is 40.7. The highest BCUT2D eigenvalue weighted by Crippen LogP contribution is 2.53. The minimum Gasteiger partial charge on any atom is -0.371 e. The van der Waals surface area contributed by atoms with Crippen LogP contribution < -0.4 is 31.1 Å². The summed E-state index contributed by atoms with van der Waals surface area (Å²) in [7, 11) is 0. The molecule has 4 aromatic rings. The molecule has 3 saturated heterocycles. The zero-order valence-corrected chi connectivity index (χ0v) is 31.2. The van der Waals surface area contributed by atoms with Crippen LogP contribution in [-0.2, 0) is 11.0 Å². The molecule has 17 heteroatoms. The van der Waals surface area contributed by atoms with Gasteiger partial charge in [0.25, 0.3) is 11.8 Å². The summed E-state index contributed by atoms with van der Waals surface area (Å²) in [5.74, 6) is -1.38. The van der Waals surface area contributed by atoms with Crippen LogP contribution in [0.1, 0.15) is 58.8 Å². The monoisotopic (exact) mass is 784 g/mol. The first-order chi connectivity index (χ1) is 27.3. The van der Waals surface area contributed by atoms with E-state index in [4.69, 9.17) is 5.73 Å². The predicted octanol–water partition coefficient (Wildman–Crippen LogP) is 4.90. The van der Waals surface area contributed by atoms with Gasteiger partial charge in [-0.1, -0.05) is 6.07 Å². The Balaban J connectivity index is 0.792. The first-order valence-electron chi connectivity index (χ1n) is 19.1. The van der Waals surface area contributed by atoms with Crippen LogP contribution in [0.2, 0.25) is 0 Å². The van der Waals surface area contributed by atoms with Gasteiger partial charge in [0.1, 0.15) is 11.4 Å². The van der Waals surface area contributed by atoms with E-state index in [1.807, 2.05) is 36.4 Å². The van der Waals surface area contributed by atoms with E-state index in [1.54, 1.807) is 4.90 Å². The van der Waals surface area contributed by atoms with Crippen molar-refractivity contribution in [2.75, 3.05) is 72.4 Å². The molecular weight excluding hydrogens is 742 g/mol. The molecule has 4 fully saturated rings. The fourth-order valence-corrected chi connectivity index (χ4v) is 8.65. The van der Waals surface area contributed by atoms with Crippen molar-refractivity contribution in [2.45, 2.75) is 38.3 Å². The highest BCUT2D eigenvalue weighted by Gasteiger charge is 2.46. The third-order valence-electron chi connectivity index (χ3n) is 11.7. The molecular formula is C40H43F3N10O4. The Morgan fingerprint density at radius 1 is 0.825 bits per heavy atom. The fourth-order valence-electron chi connectivity index (χ4n) is 8.65. The molecule has 2 aromatic heterocycles. The standard InChI is InChI=1S/C40H43F3N10O4/c41-40(42,43)33-3-1-2-31(45-33)37(56)46-32-25-53(48-35(32)36(44)55)30-10-6-28(7-11-30)51-20-18-49(19-21-51)24-26-22-39(23-26)13-16-50(17-14-39)27-4-8-29(9-5-27)52-15-12-34(54)47-38(52)57/h1-11,25-26H,12-24H2,(H2,44,55)(H,46,56)(H,47,54,57). The van der Waals surface area contributed by atoms with E-state index in [-0.39, 0.29) is 23.3 Å². The predicted molar refractivity (Wildman–Crippen MR) is 206 cm³/mol. The van der Waals surface area contributed by atoms with E-state index in [0.717, 1.165) is 81.1 Å². The Bertz CT molecular complexity index is 2150. The van der Waals surface area contributed by atoms with E-state index in [0.29, 0.717) is 30.0 Å². The molecule has 0 bridgehead atoms. The number of carbonyl (C=O) groups excluding carboxylic acids is 4. The molecule has 8 rings (SSSR count). The molecule has 0 unspecified atom stereocenters. The quantitative estimate of drug-likeness (QED) is 0.214. The molecule has 4 aliphatic rings. The van der Waals surface area contributed by atoms with Crippen molar-refractivity contribution in [3.05, 3.63) is 90.0 Å². The number of primary amides is 1. The second-order valence-electron chi connectivity index (χ2n) is 15.4. The molecule has 4 N–H and O–H groups in total. The second-order valence-corrected chi connectivity index (χ2v) is 15.4. The van der Waals surface area contributed by atoms with Crippen molar-refractivity contribution in [1.29, 1.82) is 0 Å². The normalized spacial score (nSPS) is 19.0. The number of halogens is 3. The minimum absolute atomic E-state index is 0.0518. The summed E-state index contributed by atoms with van der Waals surface area (Å²) in [5, 5.41) is 9.03. The number of pyridine rings is 1. The average Bonchev–Trinajstić information content (AvgIpc) is 3.62. The van der Waals surface area contributed by atoms with Gasteiger partial charge in [-0.25, -0.2) is 14.5 Å². The number of benzene rings is 2. The van der Waals surface area contributed by atoms with Crippen LogP contribution in [0, 0.1) is 11.3 Å². The molecule has 2 aromatic carbocycles. The van der Waals surface area contributed by atoms with Crippen LogP contribution in [0.5, 0.6) is 0 Å². The second kappa shape index (κ2) is 15.2. The summed E-state index contributed by atoms with van der Waals surface area (Å²) in [6.45, 7) is 7.26. The first-order valence-corrected chi connectivity index (χ1v) is 19.1. The van der Waals surface area contributed by atoms with E-state index in [2.05, 4.69) is 47.5 Å². The Hall–Kier alpha value is -5.97. The van der Waals surface area contributed by atoms with Crippen LogP contribution in [0.4, 0.5) is 40.7 Å². The lowest BCUT2D eigenvalue weighted by molar-refractivity contribution is -0.141. The maximum Gasteiger partial charge on any atom is 0.433 e. The number of nitrogens with zero attached hydrogens (tertiary/aromatic N) is 7. The summed E-state index contributed by atoms with van der Waals surface area (Å²) in [4.78, 5) is 61.0. The van der Waals surface area contributed by atoms with Gasteiger partial charge in [-0.15, -0.1) is 0 Å². The van der Waals surface area contributed by atoms with Gasteiger partial charge in [-0.3, -0.25) is 29.5 Å². The van der Waals surface area contributed by atoms with E-state index >= 15 is 0 Å². The number of rotatable bonds is 9. The zero-order chi connectivity index (χ0) is 39.9. The summed E-state index contributed by atoms with van der Waals surface area (Å²) in [6.07, 6.45) is 1.87. The van der Waals surface area contributed by atoms with Crippen LogP contribution in [0.25, 0.3) is 5.69 Å². The molecule has 5 heterocycles. The van der Waals surface area contributed by atoms with Gasteiger partial charge >= 0.3 is 12.2 Å². The third-order valence-corrected chi connectivity index (χ3v) is 11.7. The molecule has 298 valence electrons. The molecule has 0 radical (unpaired) electrons. The van der Waals surface area contributed by atoms with Gasteiger partial charge in [-0.2, -0.15) is 18.3 Å². The number of imide groups is 1. The number of nitrogens with one attached hydrogen (secondary N) is 2. The molecule has 1 spiro atoms. The third kappa shape index (κ3) is 8.15. The Labute approximate surface area is 326 Å². The number of anilines is 4. The van der Waals surface area contributed by atoms with Crippen molar-refractivity contribution in [2.24, 2.45) is 17.1 Å². The number of hydrogen-bond donors (Lipinski definition) is 3. The van der Waals surface area contributed by atoms with Crippen LogP contribution in [-0.4, -0.2) is 95.8 Å². The van der Waals surface area contributed by atoms with Crippen LogP contribution >= 0.6 is 0 Å². The minimum atomic E-state index is -4.72. The topological polar surface area (TPSA) is 162 Å². The van der Waals surface area contributed by atoms with Crippen LogP contribution in [0.15, 0.2) is 72.9 Å². The van der Waals surface area contributed by atoms with Crippen molar-refractivity contribution < 1.29 is 32.3 Å². The number of amides is 5. The number of urea groups is 1. The summed E-state index contributed by atoms with van der Waals surface area (Å²) in [6, 6.07) is 18.3. The van der Waals surface area contributed by atoms with Gasteiger partial charge in [-0.05, 0) is 97.7 Å². The molecule has 57 heavy (non-hydrogen) atoms. The Morgan fingerprint density at radius 3 is 2.05 bits per heavy atom. The highest BCUT2D eigenvalue weighted by molar-refractivity contribution is 6.07. The Morgan fingerprint density at radius 2 is 1.44 bits per heavy atom. The van der Waals surface area contributed by atoms with Gasteiger partial charge < -0.3 is 20.9 Å². The lowest BCUT2D eigenvalue weighted by atomic mass is 9.57. The Kier molecular flexibility index (Phi) is 10.1. The SMILES string of the molecule is NC(=O)c1nn(-c2ccc(N3CCN(CC4CC5(CCN(c6ccc(N7CCC(=O)NC7=O)cc6)CC5)C4)CC3)cc2)cc1NC(=O)c1cccc(C(F)(F)F)n1. The van der Waals surface area contributed by atoms with Crippen molar-refractivity contribution in [1.82, 2.24) is 25.0 Å². The summed E-state index contributed by atoms with van der Waals surface area (Å²) in [5.41, 5.74) is 7.57. The molecule has 3 aliphatic heterocycles. The molecule has 14 nitrogen and oxygen atoms in total. The lowest BCUT2D eigenvalue weighted by Gasteiger charge is -2.54. The maximum absolute atomic E-state index is 13.1. The molecule has 5 amide bonds. The van der Waals surface area contributed by atoms with Crippen molar-refractivity contribution in [3.8, 4) is 5.69 Å². The number of carbonyl (C=O) groups is 4. The smallest absolute Gasteiger partial charge is 0.371 e. The zero-order valence-electron chi connectivity index (χ0n) is 31.2. The van der Waals surface area contributed by atoms with Gasteiger partial charge in [0, 0.05) is 75.8 Å². The number of alkyl halides is 3. The number of piperazine rings is 1. The summed E-state index contributed by atoms with van der Waals surface area (Å²) >= 11 is 0. The van der Waals surface area contributed by atoms with Crippen molar-refractivity contribution >= 4 is 46.5 Å². The fraction of sp³-hybridized carbons (Fsp3) is 0.400. The number of nitrogens with two attached hydrogens (primary N) is 1. The molecule has 0 atom stereocenters. The van der Waals surface area contributed by atoms with Gasteiger partial charge in [0.05, 0.1) is 17.6 Å². The number of piperidine rings is 1. The largest absolute Gasteiger partial charge is 0.433 e. The number of hydrogen-bond acceptors (Lipinski definition) is 9. The van der Waals surface area contributed by atoms with Gasteiger partial charge in [0.2, 0.25) is 5.91 Å². The number of aromatic nitrogens is 3. The average molecular weight is 785 g/mol. The van der Waals surface area contributed by atoms with Crippen LogP contribution in [0.3, 0.4) is 0 Å². The van der Waals surface area contributed by atoms with E-state index in [1.165, 1.54) is 36.6 Å². The van der Waals surface area contributed by atoms with E-state index in [9.17, 15) is 32.3 Å². The lowest BCUT2D eigenvalue weighted by Crippen LogP contribution is -2.52. The highest BCUT2D eigenvalue weighted by atomic mass is 19.4. The van der Waals surface area contributed by atoms with E-state index < -0.39 is 29.4 Å².